The van der Waals surface area contributed by atoms with Crippen molar-refractivity contribution < 1.29 is 9.15 Å². The van der Waals surface area contributed by atoms with Crippen LogP contribution in [0.3, 0.4) is 0 Å². The normalized spacial score (nSPS) is 14.8. The average Bonchev–Trinajstić information content (AvgIpc) is 3.82. The van der Waals surface area contributed by atoms with Crippen molar-refractivity contribution in [3.05, 3.63) is 215 Å². The number of para-hydroxylation sites is 3. The molecule has 1 aliphatic carbocycles. The van der Waals surface area contributed by atoms with Crippen LogP contribution in [0.1, 0.15) is 38.9 Å². The molecule has 284 valence electrons. The number of furan rings is 1. The van der Waals surface area contributed by atoms with Gasteiger partial charge in [-0.2, -0.15) is 0 Å². The van der Waals surface area contributed by atoms with Gasteiger partial charge in [0.1, 0.15) is 22.7 Å². The molecule has 1 spiro atoms. The van der Waals surface area contributed by atoms with E-state index in [1.54, 1.807) is 0 Å². The zero-order valence-corrected chi connectivity index (χ0v) is 33.5. The van der Waals surface area contributed by atoms with E-state index in [0.29, 0.717) is 5.82 Å². The second-order valence-corrected chi connectivity index (χ2v) is 16.1. The Morgan fingerprint density at radius 2 is 1.12 bits per heavy atom. The minimum Gasteiger partial charge on any atom is -0.456 e. The summed E-state index contributed by atoms with van der Waals surface area (Å²) in [6, 6.07) is 62.0. The van der Waals surface area contributed by atoms with Crippen LogP contribution in [0.25, 0.3) is 78.1 Å². The number of ether oxygens (including phenoxy) is 1. The molecule has 0 saturated heterocycles. The molecule has 2 aromatic heterocycles. The van der Waals surface area contributed by atoms with E-state index >= 15 is 0 Å². The van der Waals surface area contributed by atoms with Gasteiger partial charge in [-0.15, -0.1) is 0 Å². The molecule has 12 rings (SSSR count). The maximum Gasteiger partial charge on any atom is 0.160 e. The Morgan fingerprint density at radius 3 is 1.95 bits per heavy atom. The van der Waals surface area contributed by atoms with Crippen LogP contribution < -0.4 is 4.74 Å². The van der Waals surface area contributed by atoms with Gasteiger partial charge in [0.05, 0.1) is 16.8 Å². The Morgan fingerprint density at radius 1 is 0.450 bits per heavy atom. The summed E-state index contributed by atoms with van der Waals surface area (Å²) in [7, 11) is 0. The summed E-state index contributed by atoms with van der Waals surface area (Å²) >= 11 is 0. The van der Waals surface area contributed by atoms with Crippen molar-refractivity contribution in [2.75, 3.05) is 0 Å². The van der Waals surface area contributed by atoms with Gasteiger partial charge in [-0.3, -0.25) is 0 Å². The Bertz CT molecular complexity index is 3330. The number of nitrogens with zero attached hydrogens (tertiary/aromatic N) is 2. The molecule has 10 aromatic rings. The smallest absolute Gasteiger partial charge is 0.160 e. The summed E-state index contributed by atoms with van der Waals surface area (Å²) in [5.74, 6) is 2.42. The maximum absolute atomic E-state index is 7.07. The van der Waals surface area contributed by atoms with Gasteiger partial charge in [0.15, 0.2) is 5.82 Å². The number of fused-ring (bicyclic) bond motifs is 12. The van der Waals surface area contributed by atoms with Crippen molar-refractivity contribution in [2.24, 2.45) is 0 Å². The minimum absolute atomic E-state index is 0.554. The SMILES string of the molecule is Cc1cc2c(c(C)c1C)C1(c3ccccc3Oc3c(-c4ccc5c(c4)oc4c(-c6cc(-c7ccccc7)nc(-c7ccccc7)n6)cccc45)cccc31)c1ccccc1-2. The highest BCUT2D eigenvalue weighted by molar-refractivity contribution is 6.10. The van der Waals surface area contributed by atoms with E-state index in [9.17, 15) is 0 Å². The summed E-state index contributed by atoms with van der Waals surface area (Å²) in [6.45, 7) is 6.79. The Labute approximate surface area is 348 Å². The molecule has 60 heavy (non-hydrogen) atoms. The first-order chi connectivity index (χ1) is 29.5. The lowest BCUT2D eigenvalue weighted by atomic mass is 9.64. The third kappa shape index (κ3) is 4.85. The van der Waals surface area contributed by atoms with Crippen LogP contribution in [0.4, 0.5) is 0 Å². The van der Waals surface area contributed by atoms with Gasteiger partial charge < -0.3 is 9.15 Å². The van der Waals surface area contributed by atoms with Gasteiger partial charge in [-0.25, -0.2) is 9.97 Å². The number of aryl methyl sites for hydroxylation is 1. The molecule has 0 bridgehead atoms. The van der Waals surface area contributed by atoms with Crippen LogP contribution in [0, 0.1) is 20.8 Å². The third-order valence-corrected chi connectivity index (χ3v) is 13.0. The van der Waals surface area contributed by atoms with Crippen molar-refractivity contribution in [3.8, 4) is 67.7 Å². The van der Waals surface area contributed by atoms with Crippen molar-refractivity contribution in [2.45, 2.75) is 26.2 Å². The second kappa shape index (κ2) is 13.0. The van der Waals surface area contributed by atoms with Crippen LogP contribution in [-0.2, 0) is 5.41 Å². The maximum atomic E-state index is 7.07. The fourth-order valence-electron chi connectivity index (χ4n) is 10.0. The molecule has 0 fully saturated rings. The molecule has 2 aliphatic rings. The number of hydrogen-bond acceptors (Lipinski definition) is 4. The largest absolute Gasteiger partial charge is 0.456 e. The van der Waals surface area contributed by atoms with Gasteiger partial charge >= 0.3 is 0 Å². The first-order valence-corrected chi connectivity index (χ1v) is 20.6. The van der Waals surface area contributed by atoms with E-state index in [0.717, 1.165) is 78.2 Å². The highest BCUT2D eigenvalue weighted by Gasteiger charge is 2.52. The van der Waals surface area contributed by atoms with Crippen molar-refractivity contribution in [1.29, 1.82) is 0 Å². The lowest BCUT2D eigenvalue weighted by Crippen LogP contribution is -2.33. The topological polar surface area (TPSA) is 48.2 Å². The highest BCUT2D eigenvalue weighted by atomic mass is 16.5. The zero-order valence-electron chi connectivity index (χ0n) is 33.5. The number of benzene rings is 8. The van der Waals surface area contributed by atoms with Crippen LogP contribution in [0.5, 0.6) is 11.5 Å². The van der Waals surface area contributed by atoms with Crippen LogP contribution >= 0.6 is 0 Å². The van der Waals surface area contributed by atoms with E-state index in [-0.39, 0.29) is 0 Å². The Balaban J connectivity index is 1.05. The fourth-order valence-corrected chi connectivity index (χ4v) is 10.0. The van der Waals surface area contributed by atoms with Crippen molar-refractivity contribution in [3.63, 3.8) is 0 Å². The van der Waals surface area contributed by atoms with Crippen molar-refractivity contribution in [1.82, 2.24) is 9.97 Å². The molecule has 1 aliphatic heterocycles. The van der Waals surface area contributed by atoms with Crippen molar-refractivity contribution >= 4 is 21.9 Å². The standard InChI is InChI=1S/C56H38N2O2/c1-33-30-44-40-20-10-11-24-45(40)56(52(44)35(3)34(33)2)46-25-12-13-27-50(46)59-54-39(21-15-26-47(54)56)38-28-29-41-42-22-14-23-43(53(42)60-51(41)31-38)49-32-48(36-16-6-4-7-17-36)57-55(58-49)37-18-8-5-9-19-37/h4-32H,1-3H3. The summed E-state index contributed by atoms with van der Waals surface area (Å²) in [5, 5.41) is 2.08. The quantitative estimate of drug-likeness (QED) is 0.179. The number of aromatic nitrogens is 2. The lowest BCUT2D eigenvalue weighted by Gasteiger charge is -2.41. The first kappa shape index (κ1) is 34.5. The molecule has 1 atom stereocenters. The van der Waals surface area contributed by atoms with Crippen LogP contribution in [-0.4, -0.2) is 9.97 Å². The van der Waals surface area contributed by atoms with Crippen LogP contribution in [0.2, 0.25) is 0 Å². The van der Waals surface area contributed by atoms with Gasteiger partial charge in [0.2, 0.25) is 0 Å². The Hall–Kier alpha value is -7.56. The molecule has 0 N–H and O–H groups in total. The predicted octanol–water partition coefficient (Wildman–Crippen LogP) is 14.4. The molecule has 1 unspecified atom stereocenters. The fraction of sp³-hybridized carbons (Fsp3) is 0.0714. The number of hydrogen-bond donors (Lipinski definition) is 0. The molecule has 4 nitrogen and oxygen atoms in total. The van der Waals surface area contributed by atoms with Gasteiger partial charge in [0, 0.05) is 44.2 Å². The van der Waals surface area contributed by atoms with E-state index in [1.165, 1.54) is 44.5 Å². The molecular weight excluding hydrogens is 733 g/mol. The predicted molar refractivity (Wildman–Crippen MR) is 243 cm³/mol. The van der Waals surface area contributed by atoms with E-state index in [2.05, 4.69) is 160 Å². The van der Waals surface area contributed by atoms with Gasteiger partial charge in [-0.05, 0) is 95.6 Å². The molecule has 4 heteroatoms. The van der Waals surface area contributed by atoms with Gasteiger partial charge in [-0.1, -0.05) is 146 Å². The molecule has 0 radical (unpaired) electrons. The second-order valence-electron chi connectivity index (χ2n) is 16.1. The summed E-state index contributed by atoms with van der Waals surface area (Å²) in [6.07, 6.45) is 0. The Kier molecular flexibility index (Phi) is 7.45. The minimum atomic E-state index is -0.554. The molecule has 8 aromatic carbocycles. The lowest BCUT2D eigenvalue weighted by molar-refractivity contribution is 0.437. The molecule has 0 saturated carbocycles. The van der Waals surface area contributed by atoms with Crippen LogP contribution in [0.15, 0.2) is 180 Å². The monoisotopic (exact) mass is 770 g/mol. The number of rotatable bonds is 4. The summed E-state index contributed by atoms with van der Waals surface area (Å²) in [5.41, 5.74) is 19.1. The highest BCUT2D eigenvalue weighted by Crippen LogP contribution is 2.64. The first-order valence-electron chi connectivity index (χ1n) is 20.6. The average molecular weight is 771 g/mol. The summed E-state index contributed by atoms with van der Waals surface area (Å²) in [4.78, 5) is 10.2. The molecular formula is C56H38N2O2. The summed E-state index contributed by atoms with van der Waals surface area (Å²) < 4.78 is 14.0. The molecule has 3 heterocycles. The third-order valence-electron chi connectivity index (χ3n) is 13.0. The van der Waals surface area contributed by atoms with Gasteiger partial charge in [0.25, 0.3) is 0 Å². The van der Waals surface area contributed by atoms with E-state index in [4.69, 9.17) is 19.1 Å². The van der Waals surface area contributed by atoms with E-state index in [1.807, 2.05) is 36.4 Å². The molecule has 0 amide bonds. The zero-order chi connectivity index (χ0) is 40.1. The van der Waals surface area contributed by atoms with E-state index < -0.39 is 5.41 Å².